The van der Waals surface area contributed by atoms with Crippen LogP contribution in [0.3, 0.4) is 0 Å². The van der Waals surface area contributed by atoms with Crippen LogP contribution in [-0.2, 0) is 4.74 Å². The number of carbonyl (C=O) groups is 1. The van der Waals surface area contributed by atoms with Crippen molar-refractivity contribution in [2.45, 2.75) is 19.8 Å². The number of carboxylic acid groups (broad SMARTS) is 1. The minimum absolute atomic E-state index is 0.279. The standard InChI is InChI=1S/C19H22O3/c1-4-6-9-13-22-16(10-5-2)14-15(3)17-11-7-8-12-18(17)19(20)21/h4-5,7-8,10-12,14H,1-2,6,9,13H2,3H3,(H,20,21)/b15-14+,16-10+. The maximum atomic E-state index is 11.3. The molecule has 22 heavy (non-hydrogen) atoms. The molecule has 0 aliphatic heterocycles. The lowest BCUT2D eigenvalue weighted by Gasteiger charge is -2.10. The Bertz CT molecular complexity index is 594. The van der Waals surface area contributed by atoms with Crippen LogP contribution < -0.4 is 0 Å². The SMILES string of the molecule is C=C/C=C(\C=C(/C)c1ccccc1C(=O)O)OCCCC=C. The van der Waals surface area contributed by atoms with Crippen molar-refractivity contribution in [3.05, 3.63) is 78.6 Å². The maximum absolute atomic E-state index is 11.3. The highest BCUT2D eigenvalue weighted by Crippen LogP contribution is 2.21. The molecule has 0 fully saturated rings. The smallest absolute Gasteiger partial charge is 0.336 e. The molecular formula is C19H22O3. The molecule has 0 aliphatic carbocycles. The summed E-state index contributed by atoms with van der Waals surface area (Å²) in [6.07, 6.45) is 8.88. The van der Waals surface area contributed by atoms with Gasteiger partial charge >= 0.3 is 5.97 Å². The summed E-state index contributed by atoms with van der Waals surface area (Å²) < 4.78 is 5.70. The summed E-state index contributed by atoms with van der Waals surface area (Å²) in [4.78, 5) is 11.3. The Kier molecular flexibility index (Phi) is 7.48. The van der Waals surface area contributed by atoms with E-state index in [0.717, 1.165) is 18.4 Å². The van der Waals surface area contributed by atoms with E-state index in [0.29, 0.717) is 17.9 Å². The van der Waals surface area contributed by atoms with E-state index < -0.39 is 5.97 Å². The molecule has 0 saturated heterocycles. The summed E-state index contributed by atoms with van der Waals surface area (Å²) in [5.74, 6) is -0.277. The molecule has 0 amide bonds. The second kappa shape index (κ2) is 9.40. The van der Waals surface area contributed by atoms with Gasteiger partial charge in [-0.15, -0.1) is 6.58 Å². The third-order valence-corrected chi connectivity index (χ3v) is 3.04. The second-order valence-electron chi connectivity index (χ2n) is 4.76. The van der Waals surface area contributed by atoms with Gasteiger partial charge in [-0.25, -0.2) is 4.79 Å². The first-order valence-corrected chi connectivity index (χ1v) is 7.17. The minimum atomic E-state index is -0.940. The maximum Gasteiger partial charge on any atom is 0.336 e. The Balaban J connectivity index is 2.96. The number of benzene rings is 1. The van der Waals surface area contributed by atoms with Crippen molar-refractivity contribution >= 4 is 11.5 Å². The van der Waals surface area contributed by atoms with Gasteiger partial charge in [-0.2, -0.15) is 0 Å². The number of unbranched alkanes of at least 4 members (excludes halogenated alkanes) is 1. The van der Waals surface area contributed by atoms with Gasteiger partial charge in [-0.1, -0.05) is 36.9 Å². The van der Waals surface area contributed by atoms with Gasteiger partial charge in [-0.3, -0.25) is 0 Å². The van der Waals surface area contributed by atoms with Gasteiger partial charge in [0.05, 0.1) is 12.2 Å². The fourth-order valence-electron chi connectivity index (χ4n) is 1.98. The van der Waals surface area contributed by atoms with Gasteiger partial charge in [0.2, 0.25) is 0 Å². The summed E-state index contributed by atoms with van der Waals surface area (Å²) in [6, 6.07) is 6.92. The Hall–Kier alpha value is -2.55. The number of hydrogen-bond donors (Lipinski definition) is 1. The van der Waals surface area contributed by atoms with Crippen molar-refractivity contribution in [2.75, 3.05) is 6.61 Å². The molecule has 1 rings (SSSR count). The zero-order valence-electron chi connectivity index (χ0n) is 12.9. The summed E-state index contributed by atoms with van der Waals surface area (Å²) in [6.45, 7) is 9.80. The fraction of sp³-hybridized carbons (Fsp3) is 0.211. The molecule has 3 heteroatoms. The topological polar surface area (TPSA) is 46.5 Å². The van der Waals surface area contributed by atoms with Crippen molar-refractivity contribution in [1.29, 1.82) is 0 Å². The first kappa shape index (κ1) is 17.5. The van der Waals surface area contributed by atoms with Crippen LogP contribution in [-0.4, -0.2) is 17.7 Å². The van der Waals surface area contributed by atoms with Gasteiger partial charge in [-0.05, 0) is 49.1 Å². The third kappa shape index (κ3) is 5.44. The molecule has 1 N–H and O–H groups in total. The molecule has 1 aromatic carbocycles. The zero-order chi connectivity index (χ0) is 16.4. The molecule has 0 spiro atoms. The van der Waals surface area contributed by atoms with Crippen molar-refractivity contribution in [3.63, 3.8) is 0 Å². The lowest BCUT2D eigenvalue weighted by Crippen LogP contribution is -2.01. The third-order valence-electron chi connectivity index (χ3n) is 3.04. The van der Waals surface area contributed by atoms with E-state index in [9.17, 15) is 9.90 Å². The average molecular weight is 298 g/mol. The van der Waals surface area contributed by atoms with Gasteiger partial charge in [0.15, 0.2) is 0 Å². The molecule has 0 atom stereocenters. The van der Waals surface area contributed by atoms with E-state index in [-0.39, 0.29) is 5.56 Å². The highest BCUT2D eigenvalue weighted by molar-refractivity contribution is 5.94. The van der Waals surface area contributed by atoms with Crippen LogP contribution in [0, 0.1) is 0 Å². The molecule has 0 aliphatic rings. The van der Waals surface area contributed by atoms with Crippen molar-refractivity contribution in [3.8, 4) is 0 Å². The van der Waals surface area contributed by atoms with E-state index in [1.165, 1.54) is 0 Å². The number of aromatic carboxylic acids is 1. The van der Waals surface area contributed by atoms with Gasteiger partial charge < -0.3 is 9.84 Å². The fourth-order valence-corrected chi connectivity index (χ4v) is 1.98. The lowest BCUT2D eigenvalue weighted by molar-refractivity contribution is 0.0696. The van der Waals surface area contributed by atoms with Crippen molar-refractivity contribution in [1.82, 2.24) is 0 Å². The van der Waals surface area contributed by atoms with Gasteiger partial charge in [0.1, 0.15) is 5.76 Å². The van der Waals surface area contributed by atoms with Crippen molar-refractivity contribution in [2.24, 2.45) is 0 Å². The van der Waals surface area contributed by atoms with E-state index in [1.807, 2.05) is 25.1 Å². The number of rotatable bonds is 9. The summed E-state index contributed by atoms with van der Waals surface area (Å²) in [5, 5.41) is 9.25. The monoisotopic (exact) mass is 298 g/mol. The van der Waals surface area contributed by atoms with Crippen molar-refractivity contribution < 1.29 is 14.6 Å². The summed E-state index contributed by atoms with van der Waals surface area (Å²) in [7, 11) is 0. The molecular weight excluding hydrogens is 276 g/mol. The van der Waals surface area contributed by atoms with Crippen LogP contribution in [0.5, 0.6) is 0 Å². The lowest BCUT2D eigenvalue weighted by atomic mass is 10.0. The van der Waals surface area contributed by atoms with E-state index in [4.69, 9.17) is 4.74 Å². The average Bonchev–Trinajstić information content (AvgIpc) is 2.51. The number of ether oxygens (including phenoxy) is 1. The van der Waals surface area contributed by atoms with Gasteiger partial charge in [0.25, 0.3) is 0 Å². The minimum Gasteiger partial charge on any atom is -0.494 e. The normalized spacial score (nSPS) is 11.9. The van der Waals surface area contributed by atoms with Crippen LogP contribution in [0.4, 0.5) is 0 Å². The Labute approximate surface area is 131 Å². The highest BCUT2D eigenvalue weighted by atomic mass is 16.5. The van der Waals surface area contributed by atoms with Crippen LogP contribution in [0.2, 0.25) is 0 Å². The molecule has 0 unspecified atom stereocenters. The molecule has 3 nitrogen and oxygen atoms in total. The molecule has 0 aromatic heterocycles. The first-order valence-electron chi connectivity index (χ1n) is 7.17. The number of carboxylic acids is 1. The summed E-state index contributed by atoms with van der Waals surface area (Å²) >= 11 is 0. The largest absolute Gasteiger partial charge is 0.494 e. The predicted octanol–water partition coefficient (Wildman–Crippen LogP) is 4.84. The number of hydrogen-bond acceptors (Lipinski definition) is 2. The molecule has 0 saturated carbocycles. The van der Waals surface area contributed by atoms with E-state index in [1.54, 1.807) is 30.4 Å². The van der Waals surface area contributed by atoms with Crippen LogP contribution in [0.15, 0.2) is 67.5 Å². The predicted molar refractivity (Wildman–Crippen MR) is 90.7 cm³/mol. The van der Waals surface area contributed by atoms with Crippen LogP contribution >= 0.6 is 0 Å². The second-order valence-corrected chi connectivity index (χ2v) is 4.76. The first-order chi connectivity index (χ1) is 10.6. The molecule has 0 bridgehead atoms. The molecule has 116 valence electrons. The van der Waals surface area contributed by atoms with E-state index in [2.05, 4.69) is 13.2 Å². The number of allylic oxidation sites excluding steroid dienone is 5. The zero-order valence-corrected chi connectivity index (χ0v) is 12.9. The Morgan fingerprint density at radius 3 is 2.55 bits per heavy atom. The van der Waals surface area contributed by atoms with E-state index >= 15 is 0 Å². The van der Waals surface area contributed by atoms with Gasteiger partial charge in [0, 0.05) is 0 Å². The Morgan fingerprint density at radius 2 is 1.95 bits per heavy atom. The molecule has 1 aromatic rings. The molecule has 0 heterocycles. The van der Waals surface area contributed by atoms with Crippen LogP contribution in [0.1, 0.15) is 35.7 Å². The summed E-state index contributed by atoms with van der Waals surface area (Å²) in [5.41, 5.74) is 1.79. The Morgan fingerprint density at radius 1 is 1.27 bits per heavy atom. The molecule has 0 radical (unpaired) electrons. The van der Waals surface area contributed by atoms with Crippen LogP contribution in [0.25, 0.3) is 5.57 Å². The highest BCUT2D eigenvalue weighted by Gasteiger charge is 2.10. The quantitative estimate of drug-likeness (QED) is 0.307.